The molecule has 1 aliphatic heterocycles. The topological polar surface area (TPSA) is 15.7 Å². The molecule has 0 radical (unpaired) electrons. The second-order valence-corrected chi connectivity index (χ2v) is 3.35. The van der Waals surface area contributed by atoms with Gasteiger partial charge in [-0.15, -0.1) is 0 Å². The number of methoxy groups -OCH3 is 1. The van der Waals surface area contributed by atoms with Crippen LogP contribution in [0.3, 0.4) is 0 Å². The second kappa shape index (κ2) is 4.04. The number of nitrogens with zero attached hydrogens (tertiary/aromatic N) is 2. The fourth-order valence-electron chi connectivity index (χ4n) is 1.47. The van der Waals surface area contributed by atoms with Crippen molar-refractivity contribution in [3.63, 3.8) is 0 Å². The molecule has 0 N–H and O–H groups in total. The minimum Gasteiger partial charge on any atom is -0.383 e. The molecule has 1 heterocycles. The van der Waals surface area contributed by atoms with E-state index in [4.69, 9.17) is 4.74 Å². The van der Waals surface area contributed by atoms with Crippen molar-refractivity contribution >= 4 is 0 Å². The molecule has 0 amide bonds. The Morgan fingerprint density at radius 2 is 2.09 bits per heavy atom. The Labute approximate surface area is 68.9 Å². The molecule has 1 saturated heterocycles. The SMILES string of the molecule is COC[C@@H]1CN(C)CCN1C. The lowest BCUT2D eigenvalue weighted by molar-refractivity contribution is 0.0504. The summed E-state index contributed by atoms with van der Waals surface area (Å²) in [5.41, 5.74) is 0. The molecule has 3 nitrogen and oxygen atoms in total. The number of ether oxygens (including phenoxy) is 1. The Bertz CT molecular complexity index is 119. The summed E-state index contributed by atoms with van der Waals surface area (Å²) in [7, 11) is 6.09. The zero-order valence-corrected chi connectivity index (χ0v) is 7.71. The Kier molecular flexibility index (Phi) is 3.30. The van der Waals surface area contributed by atoms with Gasteiger partial charge in [-0.1, -0.05) is 0 Å². The molecule has 3 heteroatoms. The van der Waals surface area contributed by atoms with E-state index in [0.29, 0.717) is 6.04 Å². The molecular formula is C8H18N2O. The Balaban J connectivity index is 2.34. The predicted octanol–water partition coefficient (Wildman–Crippen LogP) is -0.121. The van der Waals surface area contributed by atoms with Crippen molar-refractivity contribution in [3.8, 4) is 0 Å². The van der Waals surface area contributed by atoms with Gasteiger partial charge in [0, 0.05) is 32.8 Å². The van der Waals surface area contributed by atoms with E-state index < -0.39 is 0 Å². The van der Waals surface area contributed by atoms with Crippen LogP contribution < -0.4 is 0 Å². The predicted molar refractivity (Wildman–Crippen MR) is 45.8 cm³/mol. The molecule has 11 heavy (non-hydrogen) atoms. The van der Waals surface area contributed by atoms with Crippen LogP contribution in [-0.4, -0.2) is 63.3 Å². The fourth-order valence-corrected chi connectivity index (χ4v) is 1.47. The maximum Gasteiger partial charge on any atom is 0.0630 e. The van der Waals surface area contributed by atoms with Gasteiger partial charge in [0.25, 0.3) is 0 Å². The number of rotatable bonds is 2. The van der Waals surface area contributed by atoms with E-state index in [0.717, 1.165) is 19.7 Å². The van der Waals surface area contributed by atoms with Gasteiger partial charge < -0.3 is 9.64 Å². The lowest BCUT2D eigenvalue weighted by Gasteiger charge is -2.37. The van der Waals surface area contributed by atoms with Gasteiger partial charge >= 0.3 is 0 Å². The molecule has 0 bridgehead atoms. The summed E-state index contributed by atoms with van der Waals surface area (Å²) in [6, 6.07) is 0.582. The van der Waals surface area contributed by atoms with Crippen LogP contribution in [0.1, 0.15) is 0 Å². The second-order valence-electron chi connectivity index (χ2n) is 3.35. The van der Waals surface area contributed by atoms with E-state index in [-0.39, 0.29) is 0 Å². The van der Waals surface area contributed by atoms with Crippen LogP contribution in [-0.2, 0) is 4.74 Å². The highest BCUT2D eigenvalue weighted by molar-refractivity contribution is 4.77. The van der Waals surface area contributed by atoms with Gasteiger partial charge in [0.2, 0.25) is 0 Å². The van der Waals surface area contributed by atoms with Crippen LogP contribution in [0.5, 0.6) is 0 Å². The quantitative estimate of drug-likeness (QED) is 0.557. The smallest absolute Gasteiger partial charge is 0.0630 e. The van der Waals surface area contributed by atoms with E-state index in [1.54, 1.807) is 7.11 Å². The van der Waals surface area contributed by atoms with Crippen LogP contribution in [0.15, 0.2) is 0 Å². The van der Waals surface area contributed by atoms with E-state index in [1.807, 2.05) is 0 Å². The van der Waals surface area contributed by atoms with Gasteiger partial charge in [0.15, 0.2) is 0 Å². The lowest BCUT2D eigenvalue weighted by atomic mass is 10.2. The molecular weight excluding hydrogens is 140 g/mol. The largest absolute Gasteiger partial charge is 0.383 e. The molecule has 1 fully saturated rings. The molecule has 1 atom stereocenters. The highest BCUT2D eigenvalue weighted by Crippen LogP contribution is 2.05. The van der Waals surface area contributed by atoms with Gasteiger partial charge in [-0.05, 0) is 14.1 Å². The molecule has 0 aromatic rings. The van der Waals surface area contributed by atoms with Gasteiger partial charge in [-0.25, -0.2) is 0 Å². The van der Waals surface area contributed by atoms with E-state index in [1.165, 1.54) is 6.54 Å². The Morgan fingerprint density at radius 1 is 1.36 bits per heavy atom. The molecule has 0 unspecified atom stereocenters. The van der Waals surface area contributed by atoms with E-state index >= 15 is 0 Å². The summed E-state index contributed by atoms with van der Waals surface area (Å²) in [4.78, 5) is 4.72. The standard InChI is InChI=1S/C8H18N2O/c1-9-4-5-10(2)8(6-9)7-11-3/h8H,4-7H2,1-3H3/t8-/m0/s1. The maximum atomic E-state index is 5.13. The first-order valence-corrected chi connectivity index (χ1v) is 4.11. The number of likely N-dealkylation sites (N-methyl/N-ethyl adjacent to an activating group) is 2. The minimum absolute atomic E-state index is 0.582. The van der Waals surface area contributed by atoms with Crippen molar-refractivity contribution in [1.29, 1.82) is 0 Å². The zero-order chi connectivity index (χ0) is 8.27. The first kappa shape index (κ1) is 8.97. The fraction of sp³-hybridized carbons (Fsp3) is 1.00. The number of hydrogen-bond donors (Lipinski definition) is 0. The Morgan fingerprint density at radius 3 is 2.73 bits per heavy atom. The normalized spacial score (nSPS) is 29.2. The molecule has 66 valence electrons. The lowest BCUT2D eigenvalue weighted by Crippen LogP contribution is -2.51. The van der Waals surface area contributed by atoms with Crippen molar-refractivity contribution in [2.24, 2.45) is 0 Å². The van der Waals surface area contributed by atoms with Crippen molar-refractivity contribution in [2.75, 3.05) is 47.4 Å². The third kappa shape index (κ3) is 2.43. The summed E-state index contributed by atoms with van der Waals surface area (Å²) in [6.45, 7) is 4.31. The molecule has 0 aliphatic carbocycles. The first-order valence-electron chi connectivity index (χ1n) is 4.11. The molecule has 1 rings (SSSR count). The molecule has 0 spiro atoms. The van der Waals surface area contributed by atoms with Crippen molar-refractivity contribution < 1.29 is 4.74 Å². The van der Waals surface area contributed by atoms with Crippen LogP contribution in [0.2, 0.25) is 0 Å². The molecule has 1 aliphatic rings. The molecule has 0 aromatic carbocycles. The highest BCUT2D eigenvalue weighted by Gasteiger charge is 2.21. The molecule has 0 aromatic heterocycles. The van der Waals surface area contributed by atoms with Crippen molar-refractivity contribution in [2.45, 2.75) is 6.04 Å². The Hall–Kier alpha value is -0.120. The van der Waals surface area contributed by atoms with Gasteiger partial charge in [-0.2, -0.15) is 0 Å². The minimum atomic E-state index is 0.582. The van der Waals surface area contributed by atoms with Gasteiger partial charge in [0.1, 0.15) is 0 Å². The summed E-state index contributed by atoms with van der Waals surface area (Å²) in [6.07, 6.45) is 0. The van der Waals surface area contributed by atoms with Gasteiger partial charge in [-0.3, -0.25) is 4.90 Å². The zero-order valence-electron chi connectivity index (χ0n) is 7.71. The third-order valence-corrected chi connectivity index (χ3v) is 2.34. The summed E-state index contributed by atoms with van der Waals surface area (Å²) in [5, 5.41) is 0. The average molecular weight is 158 g/mol. The van der Waals surface area contributed by atoms with Crippen LogP contribution >= 0.6 is 0 Å². The average Bonchev–Trinajstić information content (AvgIpc) is 1.98. The van der Waals surface area contributed by atoms with E-state index in [2.05, 4.69) is 23.9 Å². The van der Waals surface area contributed by atoms with E-state index in [9.17, 15) is 0 Å². The highest BCUT2D eigenvalue weighted by atomic mass is 16.5. The summed E-state index contributed by atoms with van der Waals surface area (Å²) >= 11 is 0. The van der Waals surface area contributed by atoms with Gasteiger partial charge in [0.05, 0.1) is 6.61 Å². The van der Waals surface area contributed by atoms with Crippen LogP contribution in [0.25, 0.3) is 0 Å². The summed E-state index contributed by atoms with van der Waals surface area (Å²) in [5.74, 6) is 0. The van der Waals surface area contributed by atoms with Crippen LogP contribution in [0, 0.1) is 0 Å². The molecule has 0 saturated carbocycles. The van der Waals surface area contributed by atoms with Crippen molar-refractivity contribution in [1.82, 2.24) is 9.80 Å². The monoisotopic (exact) mass is 158 g/mol. The van der Waals surface area contributed by atoms with Crippen LogP contribution in [0.4, 0.5) is 0 Å². The third-order valence-electron chi connectivity index (χ3n) is 2.34. The summed E-state index contributed by atoms with van der Waals surface area (Å²) < 4.78 is 5.13. The number of hydrogen-bond acceptors (Lipinski definition) is 3. The number of piperazine rings is 1. The first-order chi connectivity index (χ1) is 5.24. The van der Waals surface area contributed by atoms with Crippen molar-refractivity contribution in [3.05, 3.63) is 0 Å². The maximum absolute atomic E-state index is 5.13.